The number of piperidine rings is 1. The molecular weight excluding hydrogens is 233 g/mol. The van der Waals surface area contributed by atoms with Crippen LogP contribution in [0.3, 0.4) is 0 Å². The van der Waals surface area contributed by atoms with Gasteiger partial charge in [0.2, 0.25) is 0 Å². The van der Waals surface area contributed by atoms with Crippen molar-refractivity contribution >= 4 is 13.6 Å². The van der Waals surface area contributed by atoms with Gasteiger partial charge in [-0.05, 0) is 32.2 Å². The summed E-state index contributed by atoms with van der Waals surface area (Å²) in [6, 6.07) is -0.0579. The first kappa shape index (κ1) is 12.0. The lowest BCUT2D eigenvalue weighted by Gasteiger charge is -2.36. The van der Waals surface area contributed by atoms with Crippen molar-refractivity contribution in [2.45, 2.75) is 36.9 Å². The van der Waals surface area contributed by atoms with Gasteiger partial charge in [0, 0.05) is 12.0 Å². The molecule has 16 heavy (non-hydrogen) atoms. The van der Waals surface area contributed by atoms with Crippen molar-refractivity contribution < 1.29 is 24.3 Å². The van der Waals surface area contributed by atoms with Crippen LogP contribution >= 0.6 is 7.60 Å². The number of nitrogens with one attached hydrogen (secondary N) is 1. The molecule has 7 heteroatoms. The van der Waals surface area contributed by atoms with Gasteiger partial charge in [-0.3, -0.25) is 9.36 Å². The van der Waals surface area contributed by atoms with Crippen molar-refractivity contribution in [1.29, 1.82) is 0 Å². The van der Waals surface area contributed by atoms with Crippen LogP contribution in [0.25, 0.3) is 0 Å². The summed E-state index contributed by atoms with van der Waals surface area (Å²) >= 11 is 0. The van der Waals surface area contributed by atoms with Gasteiger partial charge in [-0.25, -0.2) is 0 Å². The quantitative estimate of drug-likeness (QED) is 0.519. The van der Waals surface area contributed by atoms with E-state index in [-0.39, 0.29) is 12.5 Å². The molecule has 2 rings (SSSR count). The first-order valence-electron chi connectivity index (χ1n) is 5.42. The van der Waals surface area contributed by atoms with Crippen molar-refractivity contribution in [3.05, 3.63) is 0 Å². The molecule has 0 aromatic rings. The van der Waals surface area contributed by atoms with Crippen LogP contribution in [0.1, 0.15) is 25.7 Å². The van der Waals surface area contributed by atoms with Gasteiger partial charge in [0.05, 0.1) is 0 Å². The maximum atomic E-state index is 11.5. The lowest BCUT2D eigenvalue weighted by atomic mass is 9.86. The molecule has 6 nitrogen and oxygen atoms in total. The minimum atomic E-state index is -4.63. The third-order valence-electron chi connectivity index (χ3n) is 3.92. The largest absolute Gasteiger partial charge is 0.480 e. The lowest BCUT2D eigenvalue weighted by Crippen LogP contribution is -2.50. The van der Waals surface area contributed by atoms with Gasteiger partial charge >= 0.3 is 13.6 Å². The lowest BCUT2D eigenvalue weighted by molar-refractivity contribution is -0.142. The van der Waals surface area contributed by atoms with Crippen molar-refractivity contribution in [3.8, 4) is 0 Å². The summed E-state index contributed by atoms with van der Waals surface area (Å²) in [5.41, 5.74) is 0. The molecule has 92 valence electrons. The topological polar surface area (TPSA) is 107 Å². The van der Waals surface area contributed by atoms with Crippen LogP contribution in [0, 0.1) is 5.92 Å². The third-order valence-corrected chi connectivity index (χ3v) is 5.71. The van der Waals surface area contributed by atoms with E-state index in [1.807, 2.05) is 0 Å². The Hall–Kier alpha value is -0.420. The summed E-state index contributed by atoms with van der Waals surface area (Å²) in [6.45, 7) is 0.804. The molecule has 1 saturated carbocycles. The summed E-state index contributed by atoms with van der Waals surface area (Å²) in [7, 11) is -4.63. The molecule has 0 aromatic heterocycles. The maximum absolute atomic E-state index is 11.5. The van der Waals surface area contributed by atoms with Crippen LogP contribution < -0.4 is 5.32 Å². The van der Waals surface area contributed by atoms with Gasteiger partial charge in [-0.2, -0.15) is 0 Å². The van der Waals surface area contributed by atoms with Crippen molar-refractivity contribution in [3.63, 3.8) is 0 Å². The highest BCUT2D eigenvalue weighted by atomic mass is 31.2. The van der Waals surface area contributed by atoms with Crippen LogP contribution in [0.2, 0.25) is 0 Å². The molecule has 3 atom stereocenters. The molecule has 1 aliphatic heterocycles. The van der Waals surface area contributed by atoms with Crippen LogP contribution in [0.5, 0.6) is 0 Å². The number of hydrogen-bond donors (Lipinski definition) is 4. The van der Waals surface area contributed by atoms with E-state index in [4.69, 9.17) is 0 Å². The summed E-state index contributed by atoms with van der Waals surface area (Å²) in [5.74, 6) is -1.79. The second kappa shape index (κ2) is 3.81. The minimum Gasteiger partial charge on any atom is -0.480 e. The molecule has 0 amide bonds. The van der Waals surface area contributed by atoms with E-state index >= 15 is 0 Å². The van der Waals surface area contributed by atoms with E-state index in [0.717, 1.165) is 13.0 Å². The smallest absolute Gasteiger partial charge is 0.343 e. The fourth-order valence-corrected chi connectivity index (χ4v) is 4.55. The monoisotopic (exact) mass is 249 g/mol. The fraction of sp³-hybridized carbons (Fsp3) is 0.889. The fourth-order valence-electron chi connectivity index (χ4n) is 3.14. The van der Waals surface area contributed by atoms with E-state index in [9.17, 15) is 24.3 Å². The van der Waals surface area contributed by atoms with E-state index in [1.54, 1.807) is 0 Å². The molecule has 3 unspecified atom stereocenters. The number of rotatable bonds is 2. The number of hydrogen-bond acceptors (Lipinski definition) is 3. The SMILES string of the molecule is O=C(O)C1(P(=O)(O)O)CCC2NCCCC21. The molecule has 0 radical (unpaired) electrons. The van der Waals surface area contributed by atoms with Crippen LogP contribution in [-0.2, 0) is 9.36 Å². The Bertz CT molecular complexity index is 354. The predicted molar refractivity (Wildman–Crippen MR) is 56.2 cm³/mol. The molecule has 4 N–H and O–H groups in total. The number of carboxylic acids is 1. The van der Waals surface area contributed by atoms with Crippen molar-refractivity contribution in [1.82, 2.24) is 5.32 Å². The van der Waals surface area contributed by atoms with Crippen LogP contribution in [0.4, 0.5) is 0 Å². The Morgan fingerprint density at radius 1 is 1.38 bits per heavy atom. The first-order valence-corrected chi connectivity index (χ1v) is 7.03. The van der Waals surface area contributed by atoms with E-state index < -0.39 is 24.6 Å². The Labute approximate surface area is 93.2 Å². The van der Waals surface area contributed by atoms with Crippen LogP contribution in [0.15, 0.2) is 0 Å². The number of fused-ring (bicyclic) bond motifs is 1. The van der Waals surface area contributed by atoms with Gasteiger partial charge in [-0.1, -0.05) is 0 Å². The highest BCUT2D eigenvalue weighted by Crippen LogP contribution is 2.62. The molecule has 0 spiro atoms. The van der Waals surface area contributed by atoms with Crippen LogP contribution in [-0.4, -0.2) is 38.6 Å². The summed E-state index contributed by atoms with van der Waals surface area (Å²) < 4.78 is 11.5. The van der Waals surface area contributed by atoms with E-state index in [0.29, 0.717) is 12.8 Å². The van der Waals surface area contributed by atoms with Gasteiger partial charge < -0.3 is 20.2 Å². The second-order valence-electron chi connectivity index (χ2n) is 4.62. The highest BCUT2D eigenvalue weighted by Gasteiger charge is 2.64. The average molecular weight is 249 g/mol. The van der Waals surface area contributed by atoms with Gasteiger partial charge in [0.1, 0.15) is 0 Å². The predicted octanol–water partition coefficient (Wildman–Crippen LogP) is 0.149. The third kappa shape index (κ3) is 1.52. The summed E-state index contributed by atoms with van der Waals surface area (Å²) in [4.78, 5) is 30.1. The molecule has 2 aliphatic rings. The zero-order valence-electron chi connectivity index (χ0n) is 8.80. The standard InChI is InChI=1S/C9H16NO5P/c11-8(12)9(16(13,14)15)4-3-7-6(9)2-1-5-10-7/h6-7,10H,1-5H2,(H,11,12)(H2,13,14,15). The number of aliphatic carboxylic acids is 1. The Morgan fingerprint density at radius 3 is 2.62 bits per heavy atom. The number of carboxylic acid groups (broad SMARTS) is 1. The molecule has 1 heterocycles. The second-order valence-corrected chi connectivity index (χ2v) is 6.51. The molecular formula is C9H16NO5P. The van der Waals surface area contributed by atoms with Gasteiger partial charge in [0.15, 0.2) is 5.16 Å². The molecule has 1 saturated heterocycles. The zero-order valence-corrected chi connectivity index (χ0v) is 9.69. The molecule has 1 aliphatic carbocycles. The van der Waals surface area contributed by atoms with Crippen molar-refractivity contribution in [2.24, 2.45) is 5.92 Å². The highest BCUT2D eigenvalue weighted by molar-refractivity contribution is 7.54. The Balaban J connectivity index is 2.41. The zero-order chi connectivity index (χ0) is 12.0. The molecule has 0 aromatic carbocycles. The van der Waals surface area contributed by atoms with E-state index in [2.05, 4.69) is 5.32 Å². The minimum absolute atomic E-state index is 0.0579. The van der Waals surface area contributed by atoms with Crippen molar-refractivity contribution in [2.75, 3.05) is 6.54 Å². The van der Waals surface area contributed by atoms with E-state index in [1.165, 1.54) is 0 Å². The van der Waals surface area contributed by atoms with Gasteiger partial charge in [-0.15, -0.1) is 0 Å². The molecule has 2 fully saturated rings. The maximum Gasteiger partial charge on any atom is 0.343 e. The summed E-state index contributed by atoms with van der Waals surface area (Å²) in [5, 5.41) is 10.5. The molecule has 0 bridgehead atoms. The summed E-state index contributed by atoms with van der Waals surface area (Å²) in [6.07, 6.45) is 1.95. The average Bonchev–Trinajstić information content (AvgIpc) is 2.56. The normalized spacial score (nSPS) is 39.4. The Morgan fingerprint density at radius 2 is 2.06 bits per heavy atom. The van der Waals surface area contributed by atoms with Gasteiger partial charge in [0.25, 0.3) is 0 Å². The number of carbonyl (C=O) groups is 1. The first-order chi connectivity index (χ1) is 7.39. The Kier molecular flexibility index (Phi) is 2.87.